The summed E-state index contributed by atoms with van der Waals surface area (Å²) in [5, 5.41) is 7.92. The number of aliphatic imine (C=N–C) groups is 1. The van der Waals surface area contributed by atoms with Gasteiger partial charge in [0.25, 0.3) is 0 Å². The molecule has 26 heavy (non-hydrogen) atoms. The minimum Gasteiger partial charge on any atom is -0.381 e. The molecule has 148 valence electrons. The Morgan fingerprint density at radius 1 is 1.31 bits per heavy atom. The molecule has 1 aliphatic rings. The van der Waals surface area contributed by atoms with Crippen LogP contribution in [0.15, 0.2) is 23.2 Å². The van der Waals surface area contributed by atoms with E-state index in [9.17, 15) is 0 Å². The zero-order valence-corrected chi connectivity index (χ0v) is 20.1. The van der Waals surface area contributed by atoms with Gasteiger partial charge in [0.15, 0.2) is 5.96 Å². The van der Waals surface area contributed by atoms with Crippen molar-refractivity contribution in [3.8, 4) is 0 Å². The van der Waals surface area contributed by atoms with Gasteiger partial charge in [-0.3, -0.25) is 4.99 Å². The van der Waals surface area contributed by atoms with E-state index in [0.29, 0.717) is 10.0 Å². The van der Waals surface area contributed by atoms with Crippen LogP contribution >= 0.6 is 58.9 Å². The van der Waals surface area contributed by atoms with E-state index in [1.807, 2.05) is 30.0 Å². The summed E-state index contributed by atoms with van der Waals surface area (Å²) in [5.74, 6) is 0.820. The van der Waals surface area contributed by atoms with Crippen LogP contribution in [-0.4, -0.2) is 43.3 Å². The lowest BCUT2D eigenvalue weighted by Gasteiger charge is -2.34. The zero-order chi connectivity index (χ0) is 18.3. The highest BCUT2D eigenvalue weighted by molar-refractivity contribution is 14.0. The number of benzene rings is 1. The first kappa shape index (κ1) is 24.1. The van der Waals surface area contributed by atoms with Crippen molar-refractivity contribution in [3.63, 3.8) is 0 Å². The van der Waals surface area contributed by atoms with E-state index in [1.165, 1.54) is 0 Å². The predicted molar refractivity (Wildman–Crippen MR) is 126 cm³/mol. The highest BCUT2D eigenvalue weighted by atomic mass is 127. The fraction of sp³-hybridized carbons (Fsp3) is 0.611. The fourth-order valence-electron chi connectivity index (χ4n) is 2.78. The molecule has 0 aliphatic carbocycles. The van der Waals surface area contributed by atoms with E-state index < -0.39 is 0 Å². The SMILES string of the molecule is CCNC(=NCC1(SC)CCOCC1)NC(C)c1ccc(Cl)c(Cl)c1.I. The molecule has 1 atom stereocenters. The van der Waals surface area contributed by atoms with Crippen LogP contribution < -0.4 is 10.6 Å². The molecule has 0 amide bonds. The van der Waals surface area contributed by atoms with Crippen molar-refractivity contribution in [2.45, 2.75) is 37.5 Å². The second-order valence-corrected chi connectivity index (χ2v) is 8.32. The highest BCUT2D eigenvalue weighted by Gasteiger charge is 2.31. The largest absolute Gasteiger partial charge is 0.381 e. The van der Waals surface area contributed by atoms with Crippen LogP contribution in [0, 0.1) is 0 Å². The summed E-state index contributed by atoms with van der Waals surface area (Å²) < 4.78 is 5.68. The van der Waals surface area contributed by atoms with Crippen molar-refractivity contribution in [2.24, 2.45) is 4.99 Å². The van der Waals surface area contributed by atoms with Gasteiger partial charge in [0.2, 0.25) is 0 Å². The summed E-state index contributed by atoms with van der Waals surface area (Å²) in [4.78, 5) is 4.84. The molecular weight excluding hydrogens is 504 g/mol. The van der Waals surface area contributed by atoms with Gasteiger partial charge in [0.1, 0.15) is 0 Å². The number of ether oxygens (including phenoxy) is 1. The minimum atomic E-state index is 0. The maximum absolute atomic E-state index is 6.14. The number of hydrogen-bond acceptors (Lipinski definition) is 3. The summed E-state index contributed by atoms with van der Waals surface area (Å²) >= 11 is 14.0. The molecule has 2 N–H and O–H groups in total. The number of nitrogens with one attached hydrogen (secondary N) is 2. The molecule has 0 radical (unpaired) electrons. The van der Waals surface area contributed by atoms with Gasteiger partial charge in [-0.1, -0.05) is 29.3 Å². The van der Waals surface area contributed by atoms with E-state index >= 15 is 0 Å². The number of guanidine groups is 1. The third kappa shape index (κ3) is 6.93. The van der Waals surface area contributed by atoms with Gasteiger partial charge in [-0.15, -0.1) is 24.0 Å². The summed E-state index contributed by atoms with van der Waals surface area (Å²) in [5.41, 5.74) is 1.07. The second kappa shape index (κ2) is 11.8. The first-order valence-electron chi connectivity index (χ1n) is 8.62. The Hall–Kier alpha value is 0.110. The summed E-state index contributed by atoms with van der Waals surface area (Å²) in [6, 6.07) is 5.78. The lowest BCUT2D eigenvalue weighted by atomic mass is 9.99. The monoisotopic (exact) mass is 531 g/mol. The van der Waals surface area contributed by atoms with E-state index in [-0.39, 0.29) is 34.8 Å². The van der Waals surface area contributed by atoms with Gasteiger partial charge in [0, 0.05) is 24.5 Å². The van der Waals surface area contributed by atoms with E-state index in [2.05, 4.69) is 30.7 Å². The van der Waals surface area contributed by atoms with Crippen molar-refractivity contribution in [2.75, 3.05) is 32.6 Å². The molecule has 0 bridgehead atoms. The molecule has 8 heteroatoms. The Morgan fingerprint density at radius 2 is 2.00 bits per heavy atom. The van der Waals surface area contributed by atoms with Crippen LogP contribution in [0.3, 0.4) is 0 Å². The van der Waals surface area contributed by atoms with Crippen LogP contribution in [0.1, 0.15) is 38.3 Å². The third-order valence-electron chi connectivity index (χ3n) is 4.50. The number of thioether (sulfide) groups is 1. The molecule has 0 aromatic heterocycles. The normalized spacial score (nSPS) is 18.0. The summed E-state index contributed by atoms with van der Waals surface area (Å²) in [6.07, 6.45) is 4.25. The predicted octanol–water partition coefficient (Wildman–Crippen LogP) is 5.14. The molecule has 1 unspecified atom stereocenters. The fourth-order valence-corrected chi connectivity index (χ4v) is 3.86. The Morgan fingerprint density at radius 3 is 2.58 bits per heavy atom. The summed E-state index contributed by atoms with van der Waals surface area (Å²) in [6.45, 7) is 7.39. The third-order valence-corrected chi connectivity index (χ3v) is 6.65. The molecule has 1 fully saturated rings. The Balaban J connectivity index is 0.00000338. The second-order valence-electron chi connectivity index (χ2n) is 6.23. The van der Waals surface area contributed by atoms with Crippen LogP contribution in [0.4, 0.5) is 0 Å². The first-order valence-corrected chi connectivity index (χ1v) is 10.6. The molecule has 0 spiro atoms. The van der Waals surface area contributed by atoms with Gasteiger partial charge < -0.3 is 15.4 Å². The molecule has 2 rings (SSSR count). The van der Waals surface area contributed by atoms with Gasteiger partial charge in [-0.25, -0.2) is 0 Å². The topological polar surface area (TPSA) is 45.7 Å². The number of nitrogens with zero attached hydrogens (tertiary/aromatic N) is 1. The minimum absolute atomic E-state index is 0. The number of rotatable bonds is 6. The van der Waals surface area contributed by atoms with Gasteiger partial charge in [0.05, 0.1) is 22.6 Å². The van der Waals surface area contributed by atoms with E-state index in [0.717, 1.165) is 50.7 Å². The number of hydrogen-bond donors (Lipinski definition) is 2. The average molecular weight is 532 g/mol. The quantitative estimate of drug-likeness (QED) is 0.303. The highest BCUT2D eigenvalue weighted by Crippen LogP contribution is 2.34. The molecule has 4 nitrogen and oxygen atoms in total. The number of halogens is 3. The van der Waals surface area contributed by atoms with Gasteiger partial charge in [-0.05, 0) is 50.6 Å². The van der Waals surface area contributed by atoms with Gasteiger partial charge >= 0.3 is 0 Å². The van der Waals surface area contributed by atoms with Crippen LogP contribution in [0.2, 0.25) is 10.0 Å². The Kier molecular flexibility index (Phi) is 11.0. The Labute approximate surface area is 188 Å². The maximum Gasteiger partial charge on any atom is 0.191 e. The van der Waals surface area contributed by atoms with E-state index in [1.54, 1.807) is 0 Å². The Bertz CT molecular complexity index is 598. The van der Waals surface area contributed by atoms with Crippen molar-refractivity contribution in [1.82, 2.24) is 10.6 Å². The van der Waals surface area contributed by atoms with Crippen LogP contribution in [0.25, 0.3) is 0 Å². The molecule has 1 aromatic carbocycles. The molecule has 1 heterocycles. The van der Waals surface area contributed by atoms with Crippen molar-refractivity contribution in [3.05, 3.63) is 33.8 Å². The zero-order valence-electron chi connectivity index (χ0n) is 15.5. The smallest absolute Gasteiger partial charge is 0.191 e. The van der Waals surface area contributed by atoms with Crippen LogP contribution in [-0.2, 0) is 4.74 Å². The van der Waals surface area contributed by atoms with Crippen molar-refractivity contribution >= 4 is 64.9 Å². The molecular formula is C18H28Cl2IN3OS. The van der Waals surface area contributed by atoms with Crippen molar-refractivity contribution in [1.29, 1.82) is 0 Å². The standard InChI is InChI=1S/C18H27Cl2N3OS.HI/c1-4-21-17(22-12-18(25-3)7-9-24-10-8-18)23-13(2)14-5-6-15(19)16(20)11-14;/h5-6,11,13H,4,7-10,12H2,1-3H3,(H2,21,22,23);1H. The molecule has 1 aromatic rings. The van der Waals surface area contributed by atoms with Crippen LogP contribution in [0.5, 0.6) is 0 Å². The van der Waals surface area contributed by atoms with Gasteiger partial charge in [-0.2, -0.15) is 11.8 Å². The first-order chi connectivity index (χ1) is 12.0. The molecule has 1 saturated heterocycles. The van der Waals surface area contributed by atoms with Crippen molar-refractivity contribution < 1.29 is 4.74 Å². The van der Waals surface area contributed by atoms with E-state index in [4.69, 9.17) is 32.9 Å². The lowest BCUT2D eigenvalue weighted by Crippen LogP contribution is -2.41. The lowest BCUT2D eigenvalue weighted by molar-refractivity contribution is 0.0794. The molecule has 0 saturated carbocycles. The summed E-state index contributed by atoms with van der Waals surface area (Å²) in [7, 11) is 0. The molecule has 1 aliphatic heterocycles. The maximum atomic E-state index is 6.14. The average Bonchev–Trinajstić information content (AvgIpc) is 2.63.